The summed E-state index contributed by atoms with van der Waals surface area (Å²) in [7, 11) is 0. The number of nitro groups is 1. The SMILES string of the molecule is Cc1cc(C)nc(SCc2cc(=O)c(OC(=O)c3ccccc3[N+](=O)[O-])co2)n1. The Hall–Kier alpha value is -3.53. The van der Waals surface area contributed by atoms with Crippen LogP contribution in [0.25, 0.3) is 0 Å². The second-order valence-electron chi connectivity index (χ2n) is 5.96. The number of nitrogens with zero attached hydrogens (tertiary/aromatic N) is 3. The number of para-hydroxylation sites is 1. The molecule has 0 amide bonds. The number of thioether (sulfide) groups is 1. The number of esters is 1. The van der Waals surface area contributed by atoms with Crippen molar-refractivity contribution in [2.45, 2.75) is 24.8 Å². The van der Waals surface area contributed by atoms with Gasteiger partial charge in [0.2, 0.25) is 11.2 Å². The molecule has 3 rings (SSSR count). The predicted molar refractivity (Wildman–Crippen MR) is 104 cm³/mol. The highest BCUT2D eigenvalue weighted by Gasteiger charge is 2.22. The van der Waals surface area contributed by atoms with Gasteiger partial charge in [-0.3, -0.25) is 14.9 Å². The molecule has 0 spiro atoms. The zero-order valence-electron chi connectivity index (χ0n) is 15.4. The zero-order chi connectivity index (χ0) is 21.0. The molecule has 0 unspecified atom stereocenters. The topological polar surface area (TPSA) is 125 Å². The van der Waals surface area contributed by atoms with Gasteiger partial charge in [-0.15, -0.1) is 0 Å². The third kappa shape index (κ3) is 5.05. The maximum absolute atomic E-state index is 12.2. The average molecular weight is 413 g/mol. The first-order valence-corrected chi connectivity index (χ1v) is 9.34. The Kier molecular flexibility index (Phi) is 6.03. The first-order chi connectivity index (χ1) is 13.8. The molecule has 0 aliphatic heterocycles. The van der Waals surface area contributed by atoms with Crippen LogP contribution in [0.4, 0.5) is 5.69 Å². The number of aromatic nitrogens is 2. The maximum atomic E-state index is 12.2. The summed E-state index contributed by atoms with van der Waals surface area (Å²) in [5.41, 5.74) is 0.407. The van der Waals surface area contributed by atoms with Gasteiger partial charge in [-0.05, 0) is 26.0 Å². The summed E-state index contributed by atoms with van der Waals surface area (Å²) in [5, 5.41) is 11.6. The van der Waals surface area contributed by atoms with Crippen LogP contribution in [0.3, 0.4) is 0 Å². The van der Waals surface area contributed by atoms with E-state index in [2.05, 4.69) is 9.97 Å². The Bertz CT molecular complexity index is 1120. The Morgan fingerprint density at radius 1 is 1.21 bits per heavy atom. The molecule has 2 aromatic heterocycles. The van der Waals surface area contributed by atoms with Gasteiger partial charge in [0.1, 0.15) is 17.6 Å². The Morgan fingerprint density at radius 3 is 2.55 bits per heavy atom. The van der Waals surface area contributed by atoms with Gasteiger partial charge in [-0.2, -0.15) is 0 Å². The lowest BCUT2D eigenvalue weighted by Crippen LogP contribution is -2.16. The molecular formula is C19H15N3O6S. The third-order valence-corrected chi connectivity index (χ3v) is 4.55. The second-order valence-corrected chi connectivity index (χ2v) is 6.90. The third-order valence-electron chi connectivity index (χ3n) is 3.68. The molecule has 2 heterocycles. The Balaban J connectivity index is 1.72. The number of benzene rings is 1. The van der Waals surface area contributed by atoms with Crippen LogP contribution in [0.1, 0.15) is 27.5 Å². The molecule has 3 aromatic rings. The van der Waals surface area contributed by atoms with Gasteiger partial charge in [0, 0.05) is 23.5 Å². The van der Waals surface area contributed by atoms with Crippen molar-refractivity contribution >= 4 is 23.4 Å². The fourth-order valence-corrected chi connectivity index (χ4v) is 3.28. The number of hydrogen-bond donors (Lipinski definition) is 0. The van der Waals surface area contributed by atoms with Crippen molar-refractivity contribution in [3.05, 3.63) is 85.7 Å². The van der Waals surface area contributed by atoms with Gasteiger partial charge in [0.05, 0.1) is 10.7 Å². The number of ether oxygens (including phenoxy) is 1. The number of carbonyl (C=O) groups is 1. The predicted octanol–water partition coefficient (Wildman–Crippen LogP) is 3.47. The molecule has 0 aliphatic carbocycles. The Morgan fingerprint density at radius 2 is 1.90 bits per heavy atom. The largest absolute Gasteiger partial charge is 0.464 e. The minimum absolute atomic E-state index is 0.261. The smallest absolute Gasteiger partial charge is 0.350 e. The van der Waals surface area contributed by atoms with E-state index in [1.807, 2.05) is 19.9 Å². The molecular weight excluding hydrogens is 398 g/mol. The normalized spacial score (nSPS) is 10.6. The summed E-state index contributed by atoms with van der Waals surface area (Å²) >= 11 is 1.29. The summed E-state index contributed by atoms with van der Waals surface area (Å²) in [5.74, 6) is -0.732. The molecule has 148 valence electrons. The quantitative estimate of drug-likeness (QED) is 0.196. The van der Waals surface area contributed by atoms with Crippen molar-refractivity contribution in [1.29, 1.82) is 0 Å². The van der Waals surface area contributed by atoms with Crippen LogP contribution in [0.15, 0.2) is 57.0 Å². The number of hydrogen-bond acceptors (Lipinski definition) is 9. The molecule has 0 saturated carbocycles. The van der Waals surface area contributed by atoms with Gasteiger partial charge in [0.15, 0.2) is 5.16 Å². The highest BCUT2D eigenvalue weighted by atomic mass is 32.2. The number of aryl methyl sites for hydroxylation is 2. The van der Waals surface area contributed by atoms with E-state index in [1.54, 1.807) is 0 Å². The van der Waals surface area contributed by atoms with Crippen molar-refractivity contribution in [3.8, 4) is 5.75 Å². The molecule has 0 aliphatic rings. The Labute approximate surface area is 168 Å². The average Bonchev–Trinajstić information content (AvgIpc) is 2.67. The molecule has 9 nitrogen and oxygen atoms in total. The fourth-order valence-electron chi connectivity index (χ4n) is 2.44. The first-order valence-electron chi connectivity index (χ1n) is 8.36. The van der Waals surface area contributed by atoms with E-state index in [9.17, 15) is 19.7 Å². The van der Waals surface area contributed by atoms with Crippen molar-refractivity contribution < 1.29 is 18.9 Å². The van der Waals surface area contributed by atoms with Crippen LogP contribution in [0.2, 0.25) is 0 Å². The minimum Gasteiger partial charge on any atom is -0.464 e. The molecule has 10 heteroatoms. The van der Waals surface area contributed by atoms with Crippen LogP contribution >= 0.6 is 11.8 Å². The van der Waals surface area contributed by atoms with Crippen LogP contribution in [-0.4, -0.2) is 20.9 Å². The number of carbonyl (C=O) groups excluding carboxylic acids is 1. The molecule has 0 saturated heterocycles. The van der Waals surface area contributed by atoms with E-state index in [4.69, 9.17) is 9.15 Å². The highest BCUT2D eigenvalue weighted by Crippen LogP contribution is 2.22. The van der Waals surface area contributed by atoms with Crippen molar-refractivity contribution in [3.63, 3.8) is 0 Å². The lowest BCUT2D eigenvalue weighted by molar-refractivity contribution is -0.385. The van der Waals surface area contributed by atoms with Gasteiger partial charge < -0.3 is 9.15 Å². The molecule has 29 heavy (non-hydrogen) atoms. The van der Waals surface area contributed by atoms with Crippen LogP contribution in [0, 0.1) is 24.0 Å². The second kappa shape index (κ2) is 8.65. The molecule has 0 atom stereocenters. The van der Waals surface area contributed by atoms with Crippen LogP contribution < -0.4 is 10.2 Å². The van der Waals surface area contributed by atoms with Crippen molar-refractivity contribution in [2.75, 3.05) is 0 Å². The molecule has 0 radical (unpaired) electrons. The van der Waals surface area contributed by atoms with Crippen LogP contribution in [-0.2, 0) is 5.75 Å². The van der Waals surface area contributed by atoms with Crippen molar-refractivity contribution in [1.82, 2.24) is 9.97 Å². The van der Waals surface area contributed by atoms with Crippen LogP contribution in [0.5, 0.6) is 5.75 Å². The molecule has 1 aromatic carbocycles. The standard InChI is InChI=1S/C19H15N3O6S/c1-11-7-12(2)21-19(20-11)29-10-13-8-16(23)17(9-27-13)28-18(24)14-5-3-4-6-15(14)22(25)26/h3-9H,10H2,1-2H3. The molecule has 0 bridgehead atoms. The van der Waals surface area contributed by atoms with Gasteiger partial charge >= 0.3 is 5.97 Å². The van der Waals surface area contributed by atoms with E-state index in [1.165, 1.54) is 42.1 Å². The van der Waals surface area contributed by atoms with Gasteiger partial charge in [-0.1, -0.05) is 23.9 Å². The van der Waals surface area contributed by atoms with Gasteiger partial charge in [0.25, 0.3) is 5.69 Å². The molecule has 0 fully saturated rings. The molecule has 0 N–H and O–H groups in total. The van der Waals surface area contributed by atoms with Gasteiger partial charge in [-0.25, -0.2) is 14.8 Å². The summed E-state index contributed by atoms with van der Waals surface area (Å²) in [6.45, 7) is 3.72. The monoisotopic (exact) mass is 413 g/mol. The number of nitro benzene ring substituents is 1. The maximum Gasteiger partial charge on any atom is 0.350 e. The number of rotatable bonds is 6. The highest BCUT2D eigenvalue weighted by molar-refractivity contribution is 7.98. The summed E-state index contributed by atoms with van der Waals surface area (Å²) in [6.07, 6.45) is 1.01. The van der Waals surface area contributed by atoms with E-state index >= 15 is 0 Å². The zero-order valence-corrected chi connectivity index (χ0v) is 16.3. The lowest BCUT2D eigenvalue weighted by atomic mass is 10.2. The van der Waals surface area contributed by atoms with Crippen molar-refractivity contribution in [2.24, 2.45) is 0 Å². The van der Waals surface area contributed by atoms with E-state index in [-0.39, 0.29) is 11.3 Å². The summed E-state index contributed by atoms with van der Waals surface area (Å²) in [6, 6.07) is 8.35. The minimum atomic E-state index is -1.02. The van der Waals surface area contributed by atoms with E-state index < -0.39 is 22.0 Å². The summed E-state index contributed by atoms with van der Waals surface area (Å²) < 4.78 is 10.3. The first kappa shape index (κ1) is 20.2. The van der Waals surface area contributed by atoms with E-state index in [0.717, 1.165) is 17.7 Å². The lowest BCUT2D eigenvalue weighted by Gasteiger charge is -2.05. The summed E-state index contributed by atoms with van der Waals surface area (Å²) in [4.78, 5) is 43.4. The van der Waals surface area contributed by atoms with E-state index in [0.29, 0.717) is 16.7 Å². The fraction of sp³-hybridized carbons (Fsp3) is 0.158.